The van der Waals surface area contributed by atoms with E-state index in [1.54, 1.807) is 18.2 Å². The molecular weight excluding hydrogens is 275 g/mol. The first-order chi connectivity index (χ1) is 9.70. The van der Waals surface area contributed by atoms with Crippen LogP contribution in [0.4, 0.5) is 10.1 Å². The van der Waals surface area contributed by atoms with Crippen LogP contribution >= 0.6 is 11.8 Å². The maximum atomic E-state index is 12.9. The van der Waals surface area contributed by atoms with Gasteiger partial charge in [-0.3, -0.25) is 0 Å². The average molecular weight is 290 g/mol. The Hall–Kier alpha value is -1.75. The van der Waals surface area contributed by atoms with Crippen molar-refractivity contribution in [3.63, 3.8) is 0 Å². The van der Waals surface area contributed by atoms with Gasteiger partial charge in [-0.25, -0.2) is 9.37 Å². The Labute approximate surface area is 121 Å². The Morgan fingerprint density at radius 2 is 1.95 bits per heavy atom. The number of pyridine rings is 1. The minimum atomic E-state index is -0.243. The Balaban J connectivity index is 1.71. The minimum absolute atomic E-state index is 0.243. The molecule has 0 unspecified atom stereocenters. The highest BCUT2D eigenvalue weighted by Gasteiger charge is 2.22. The normalized spacial score (nSPS) is 14.2. The quantitative estimate of drug-likeness (QED) is 0.911. The highest BCUT2D eigenvalue weighted by molar-refractivity contribution is 7.99. The molecular formula is C15H15FN2OS. The van der Waals surface area contributed by atoms with Gasteiger partial charge in [0, 0.05) is 4.90 Å². The number of halogens is 1. The fourth-order valence-corrected chi connectivity index (χ4v) is 2.49. The average Bonchev–Trinajstić information content (AvgIpc) is 3.26. The summed E-state index contributed by atoms with van der Waals surface area (Å²) in [5, 5.41) is 0.789. The van der Waals surface area contributed by atoms with Crippen molar-refractivity contribution in [1.29, 1.82) is 0 Å². The van der Waals surface area contributed by atoms with Gasteiger partial charge in [0.15, 0.2) is 0 Å². The number of hydrogen-bond donors (Lipinski definition) is 1. The van der Waals surface area contributed by atoms with Crippen LogP contribution in [0.3, 0.4) is 0 Å². The fraction of sp³-hybridized carbons (Fsp3) is 0.267. The first-order valence-corrected chi connectivity index (χ1v) is 7.35. The number of anilines is 1. The van der Waals surface area contributed by atoms with E-state index in [1.165, 1.54) is 36.7 Å². The first-order valence-electron chi connectivity index (χ1n) is 6.53. The third-order valence-corrected chi connectivity index (χ3v) is 4.00. The molecule has 1 aliphatic rings. The van der Waals surface area contributed by atoms with Crippen molar-refractivity contribution in [2.75, 3.05) is 12.3 Å². The predicted octanol–water partition coefficient (Wildman–Crippen LogP) is 3.74. The summed E-state index contributed by atoms with van der Waals surface area (Å²) >= 11 is 1.46. The second-order valence-electron chi connectivity index (χ2n) is 4.85. The minimum Gasteiger partial charge on any atom is -0.476 e. The van der Waals surface area contributed by atoms with Gasteiger partial charge in [-0.05, 0) is 55.2 Å². The van der Waals surface area contributed by atoms with E-state index in [-0.39, 0.29) is 5.82 Å². The smallest absolute Gasteiger partial charge is 0.238 e. The number of rotatable bonds is 5. The number of nitrogens with zero attached hydrogens (tertiary/aromatic N) is 1. The second-order valence-corrected chi connectivity index (χ2v) is 5.95. The van der Waals surface area contributed by atoms with Crippen LogP contribution in [0.1, 0.15) is 12.8 Å². The number of benzene rings is 1. The molecule has 1 aliphatic carbocycles. The maximum absolute atomic E-state index is 12.9. The van der Waals surface area contributed by atoms with Crippen molar-refractivity contribution in [3.8, 4) is 5.88 Å². The zero-order chi connectivity index (χ0) is 13.9. The largest absolute Gasteiger partial charge is 0.476 e. The summed E-state index contributed by atoms with van der Waals surface area (Å²) in [6, 6.07) is 9.95. The van der Waals surface area contributed by atoms with Crippen molar-refractivity contribution < 1.29 is 9.13 Å². The van der Waals surface area contributed by atoms with E-state index in [0.29, 0.717) is 24.1 Å². The molecule has 0 amide bonds. The van der Waals surface area contributed by atoms with Crippen LogP contribution in [0.5, 0.6) is 5.88 Å². The van der Waals surface area contributed by atoms with Gasteiger partial charge in [-0.2, -0.15) is 0 Å². The number of hydrogen-bond acceptors (Lipinski definition) is 4. The van der Waals surface area contributed by atoms with Crippen LogP contribution in [-0.4, -0.2) is 11.6 Å². The number of nitrogens with two attached hydrogens (primary N) is 1. The molecule has 1 heterocycles. The molecule has 5 heteroatoms. The van der Waals surface area contributed by atoms with E-state index in [0.717, 1.165) is 9.92 Å². The van der Waals surface area contributed by atoms with Gasteiger partial charge in [0.2, 0.25) is 5.88 Å². The van der Waals surface area contributed by atoms with Crippen molar-refractivity contribution in [2.24, 2.45) is 5.92 Å². The van der Waals surface area contributed by atoms with Crippen LogP contribution in [-0.2, 0) is 0 Å². The molecule has 0 spiro atoms. The lowest BCUT2D eigenvalue weighted by Gasteiger charge is -2.09. The molecule has 2 N–H and O–H groups in total. The van der Waals surface area contributed by atoms with E-state index in [9.17, 15) is 4.39 Å². The van der Waals surface area contributed by atoms with Gasteiger partial charge < -0.3 is 10.5 Å². The summed E-state index contributed by atoms with van der Waals surface area (Å²) in [4.78, 5) is 5.34. The Bertz CT molecular complexity index is 599. The van der Waals surface area contributed by atoms with Crippen molar-refractivity contribution >= 4 is 17.4 Å². The standard InChI is InChI=1S/C15H15FN2OS/c16-11-3-5-12(6-4-11)20-14-8-7-13(17)15(18-14)19-9-10-1-2-10/h3-8,10H,1-2,9,17H2. The maximum Gasteiger partial charge on any atom is 0.238 e. The molecule has 1 aromatic heterocycles. The molecule has 0 saturated heterocycles. The monoisotopic (exact) mass is 290 g/mol. The van der Waals surface area contributed by atoms with Gasteiger partial charge >= 0.3 is 0 Å². The fourth-order valence-electron chi connectivity index (χ4n) is 1.71. The first kappa shape index (κ1) is 13.2. The molecule has 0 aliphatic heterocycles. The molecule has 20 heavy (non-hydrogen) atoms. The summed E-state index contributed by atoms with van der Waals surface area (Å²) < 4.78 is 18.5. The van der Waals surface area contributed by atoms with Crippen LogP contribution in [0, 0.1) is 11.7 Å². The third-order valence-electron chi connectivity index (χ3n) is 3.05. The summed E-state index contributed by atoms with van der Waals surface area (Å²) in [6.07, 6.45) is 2.45. The van der Waals surface area contributed by atoms with Crippen molar-refractivity contribution in [1.82, 2.24) is 4.98 Å². The van der Waals surface area contributed by atoms with Gasteiger partial charge in [-0.1, -0.05) is 11.8 Å². The highest BCUT2D eigenvalue weighted by atomic mass is 32.2. The summed E-state index contributed by atoms with van der Waals surface area (Å²) in [7, 11) is 0. The van der Waals surface area contributed by atoms with Crippen LogP contribution in [0.25, 0.3) is 0 Å². The number of ether oxygens (including phenoxy) is 1. The summed E-state index contributed by atoms with van der Waals surface area (Å²) in [5.74, 6) is 0.904. The number of aromatic nitrogens is 1. The molecule has 104 valence electrons. The van der Waals surface area contributed by atoms with Crippen LogP contribution in [0.15, 0.2) is 46.3 Å². The molecule has 3 nitrogen and oxygen atoms in total. The van der Waals surface area contributed by atoms with Gasteiger partial charge in [0.05, 0.1) is 12.3 Å². The molecule has 1 saturated carbocycles. The van der Waals surface area contributed by atoms with E-state index in [4.69, 9.17) is 10.5 Å². The lowest BCUT2D eigenvalue weighted by Crippen LogP contribution is -2.04. The van der Waals surface area contributed by atoms with E-state index in [2.05, 4.69) is 4.98 Å². The van der Waals surface area contributed by atoms with Crippen molar-refractivity contribution in [3.05, 3.63) is 42.2 Å². The Morgan fingerprint density at radius 1 is 1.20 bits per heavy atom. The molecule has 0 radical (unpaired) electrons. The van der Waals surface area contributed by atoms with Crippen LogP contribution < -0.4 is 10.5 Å². The van der Waals surface area contributed by atoms with Gasteiger partial charge in [0.25, 0.3) is 0 Å². The van der Waals surface area contributed by atoms with Crippen molar-refractivity contribution in [2.45, 2.75) is 22.8 Å². The zero-order valence-electron chi connectivity index (χ0n) is 10.9. The second kappa shape index (κ2) is 5.71. The summed E-state index contributed by atoms with van der Waals surface area (Å²) in [5.41, 5.74) is 6.41. The summed E-state index contributed by atoms with van der Waals surface area (Å²) in [6.45, 7) is 0.682. The SMILES string of the molecule is Nc1ccc(Sc2ccc(F)cc2)nc1OCC1CC1. The third kappa shape index (κ3) is 3.42. The van der Waals surface area contributed by atoms with Gasteiger partial charge in [-0.15, -0.1) is 0 Å². The molecule has 1 aromatic carbocycles. The topological polar surface area (TPSA) is 48.1 Å². The molecule has 0 bridgehead atoms. The zero-order valence-corrected chi connectivity index (χ0v) is 11.7. The molecule has 2 aromatic rings. The van der Waals surface area contributed by atoms with E-state index < -0.39 is 0 Å². The van der Waals surface area contributed by atoms with E-state index >= 15 is 0 Å². The van der Waals surface area contributed by atoms with Gasteiger partial charge in [0.1, 0.15) is 10.8 Å². The lowest BCUT2D eigenvalue weighted by atomic mass is 10.4. The lowest BCUT2D eigenvalue weighted by molar-refractivity contribution is 0.288. The van der Waals surface area contributed by atoms with E-state index in [1.807, 2.05) is 6.07 Å². The highest BCUT2D eigenvalue weighted by Crippen LogP contribution is 2.32. The van der Waals surface area contributed by atoms with Crippen LogP contribution in [0.2, 0.25) is 0 Å². The Kier molecular flexibility index (Phi) is 3.78. The predicted molar refractivity (Wildman–Crippen MR) is 77.4 cm³/mol. The molecule has 0 atom stereocenters. The number of nitrogen functional groups attached to an aromatic ring is 1. The Morgan fingerprint density at radius 3 is 2.65 bits per heavy atom. The molecule has 1 fully saturated rings. The molecule has 3 rings (SSSR count).